The number of thiophene rings is 1. The number of aliphatic imine (C=N–C) groups is 2. The molecule has 2 aliphatic rings. The lowest BCUT2D eigenvalue weighted by Gasteiger charge is -2.10. The van der Waals surface area contributed by atoms with Crippen molar-refractivity contribution in [2.24, 2.45) is 9.98 Å². The smallest absolute Gasteiger partial charge is 0.0953 e. The van der Waals surface area contributed by atoms with E-state index in [4.69, 9.17) is 0 Å². The molecule has 0 saturated heterocycles. The zero-order valence-corrected chi connectivity index (χ0v) is 11.6. The van der Waals surface area contributed by atoms with E-state index in [1.54, 1.807) is 23.9 Å². The van der Waals surface area contributed by atoms with Crippen molar-refractivity contribution < 1.29 is 0 Å². The van der Waals surface area contributed by atoms with Crippen LogP contribution < -0.4 is 0 Å². The first kappa shape index (κ1) is 11.4. The Balaban J connectivity index is 1.57. The fourth-order valence-corrected chi connectivity index (χ4v) is 4.83. The van der Waals surface area contributed by atoms with Gasteiger partial charge in [0.25, 0.3) is 0 Å². The Morgan fingerprint density at radius 1 is 0.941 bits per heavy atom. The van der Waals surface area contributed by atoms with Crippen LogP contribution in [-0.4, -0.2) is 47.5 Å². The van der Waals surface area contributed by atoms with Crippen LogP contribution in [-0.2, 0) is 0 Å². The number of hydrogen-bond donors (Lipinski definition) is 0. The average molecular weight is 284 g/mol. The standard InChI is InChI=1S/C10H12N4S3/c1-2-10(17-14-6-4-12-8-14)15-9(1)16-13-5-3-11-7-13/h1-2,7-8H,3-6H2. The van der Waals surface area contributed by atoms with Crippen LogP contribution in [0.25, 0.3) is 0 Å². The van der Waals surface area contributed by atoms with Crippen molar-refractivity contribution in [1.29, 1.82) is 0 Å². The largest absolute Gasteiger partial charge is 0.300 e. The van der Waals surface area contributed by atoms with Gasteiger partial charge in [-0.2, -0.15) is 0 Å². The molecule has 0 saturated carbocycles. The Morgan fingerprint density at radius 2 is 1.47 bits per heavy atom. The number of nitrogens with zero attached hydrogens (tertiary/aromatic N) is 4. The second-order valence-electron chi connectivity index (χ2n) is 3.58. The second kappa shape index (κ2) is 5.32. The van der Waals surface area contributed by atoms with Crippen LogP contribution in [0.1, 0.15) is 0 Å². The topological polar surface area (TPSA) is 31.2 Å². The van der Waals surface area contributed by atoms with Crippen molar-refractivity contribution in [1.82, 2.24) is 8.61 Å². The van der Waals surface area contributed by atoms with Crippen molar-refractivity contribution in [3.63, 3.8) is 0 Å². The molecule has 0 N–H and O–H groups in total. The summed E-state index contributed by atoms with van der Waals surface area (Å²) in [5.41, 5.74) is 0. The monoisotopic (exact) mass is 284 g/mol. The van der Waals surface area contributed by atoms with Crippen LogP contribution in [0.15, 0.2) is 30.5 Å². The fraction of sp³-hybridized carbons (Fsp3) is 0.400. The summed E-state index contributed by atoms with van der Waals surface area (Å²) < 4.78 is 6.99. The van der Waals surface area contributed by atoms with Gasteiger partial charge in [-0.25, -0.2) is 0 Å². The van der Waals surface area contributed by atoms with E-state index in [1.165, 1.54) is 8.42 Å². The Labute approximate surface area is 113 Å². The Kier molecular flexibility index (Phi) is 3.58. The van der Waals surface area contributed by atoms with Gasteiger partial charge in [0.05, 0.1) is 47.3 Å². The molecule has 3 rings (SSSR count). The fourth-order valence-electron chi connectivity index (χ4n) is 1.50. The van der Waals surface area contributed by atoms with Gasteiger partial charge in [-0.05, 0) is 36.0 Å². The molecule has 0 fully saturated rings. The quantitative estimate of drug-likeness (QED) is 0.795. The molecule has 0 bridgehead atoms. The molecule has 0 atom stereocenters. The Bertz CT molecular complexity index is 404. The zero-order chi connectivity index (χ0) is 11.5. The molecule has 0 aromatic carbocycles. The molecule has 17 heavy (non-hydrogen) atoms. The molecule has 0 aliphatic carbocycles. The minimum absolute atomic E-state index is 0.921. The van der Waals surface area contributed by atoms with E-state index < -0.39 is 0 Å². The second-order valence-corrected chi connectivity index (χ2v) is 7.36. The van der Waals surface area contributed by atoms with Crippen molar-refractivity contribution >= 4 is 47.9 Å². The summed E-state index contributed by atoms with van der Waals surface area (Å²) in [5, 5.41) is 0. The first-order valence-electron chi connectivity index (χ1n) is 5.39. The molecule has 4 nitrogen and oxygen atoms in total. The van der Waals surface area contributed by atoms with Gasteiger partial charge >= 0.3 is 0 Å². The predicted octanol–water partition coefficient (Wildman–Crippen LogP) is 2.45. The van der Waals surface area contributed by atoms with E-state index in [1.807, 2.05) is 24.0 Å². The third-order valence-electron chi connectivity index (χ3n) is 2.29. The lowest BCUT2D eigenvalue weighted by atomic mass is 10.7. The van der Waals surface area contributed by atoms with Gasteiger partial charge in [-0.1, -0.05) is 0 Å². The first-order chi connectivity index (χ1) is 8.40. The van der Waals surface area contributed by atoms with E-state index in [-0.39, 0.29) is 0 Å². The SMILES string of the molecule is C1=NCCN1Sc1ccc(SN2C=NCC2)s1. The van der Waals surface area contributed by atoms with Gasteiger partial charge in [0.1, 0.15) is 0 Å². The highest BCUT2D eigenvalue weighted by atomic mass is 32.2. The molecule has 2 aliphatic heterocycles. The third-order valence-corrected chi connectivity index (χ3v) is 5.57. The minimum atomic E-state index is 0.921. The molecule has 0 amide bonds. The van der Waals surface area contributed by atoms with Gasteiger partial charge < -0.3 is 8.61 Å². The molecule has 0 spiro atoms. The summed E-state index contributed by atoms with van der Waals surface area (Å²) in [7, 11) is 0. The molecular formula is C10H12N4S3. The van der Waals surface area contributed by atoms with Crippen molar-refractivity contribution in [3.8, 4) is 0 Å². The maximum absolute atomic E-state index is 4.20. The predicted molar refractivity (Wildman–Crippen MR) is 76.2 cm³/mol. The van der Waals surface area contributed by atoms with Crippen LogP contribution in [0, 0.1) is 0 Å². The Morgan fingerprint density at radius 3 is 1.88 bits per heavy atom. The van der Waals surface area contributed by atoms with Crippen molar-refractivity contribution in [3.05, 3.63) is 12.1 Å². The van der Waals surface area contributed by atoms with E-state index in [0.717, 1.165) is 26.2 Å². The summed E-state index contributed by atoms with van der Waals surface area (Å²) in [6.07, 6.45) is 3.84. The van der Waals surface area contributed by atoms with Gasteiger partial charge in [0.2, 0.25) is 0 Å². The molecule has 1 aromatic rings. The van der Waals surface area contributed by atoms with Crippen LogP contribution >= 0.6 is 35.2 Å². The van der Waals surface area contributed by atoms with Gasteiger partial charge in [-0.3, -0.25) is 9.98 Å². The normalized spacial score (nSPS) is 18.6. The number of rotatable bonds is 4. The molecule has 7 heteroatoms. The average Bonchev–Trinajstić information content (AvgIpc) is 3.02. The third kappa shape index (κ3) is 2.97. The molecule has 1 aromatic heterocycles. The highest BCUT2D eigenvalue weighted by Crippen LogP contribution is 2.36. The first-order valence-corrected chi connectivity index (χ1v) is 7.75. The lowest BCUT2D eigenvalue weighted by molar-refractivity contribution is 0.749. The maximum atomic E-state index is 4.20. The van der Waals surface area contributed by atoms with Crippen LogP contribution in [0.4, 0.5) is 0 Å². The lowest BCUT2D eigenvalue weighted by Crippen LogP contribution is -2.09. The maximum Gasteiger partial charge on any atom is 0.0953 e. The van der Waals surface area contributed by atoms with E-state index in [9.17, 15) is 0 Å². The zero-order valence-electron chi connectivity index (χ0n) is 9.15. The van der Waals surface area contributed by atoms with Gasteiger partial charge in [0.15, 0.2) is 0 Å². The van der Waals surface area contributed by atoms with Crippen LogP contribution in [0.3, 0.4) is 0 Å². The number of hydrogen-bond acceptors (Lipinski definition) is 7. The highest BCUT2D eigenvalue weighted by molar-refractivity contribution is 8.01. The van der Waals surface area contributed by atoms with Crippen molar-refractivity contribution in [2.45, 2.75) is 8.42 Å². The molecular weight excluding hydrogens is 272 g/mol. The molecule has 0 unspecified atom stereocenters. The summed E-state index contributed by atoms with van der Waals surface area (Å²) in [4.78, 5) is 8.41. The van der Waals surface area contributed by atoms with Crippen molar-refractivity contribution in [2.75, 3.05) is 26.2 Å². The van der Waals surface area contributed by atoms with Gasteiger partial charge in [0, 0.05) is 0 Å². The summed E-state index contributed by atoms with van der Waals surface area (Å²) in [6, 6.07) is 4.36. The van der Waals surface area contributed by atoms with Gasteiger partial charge in [-0.15, -0.1) is 11.3 Å². The van der Waals surface area contributed by atoms with Crippen LogP contribution in [0.5, 0.6) is 0 Å². The molecule has 3 heterocycles. The summed E-state index contributed by atoms with van der Waals surface area (Å²) >= 11 is 5.36. The van der Waals surface area contributed by atoms with Crippen LogP contribution in [0.2, 0.25) is 0 Å². The highest BCUT2D eigenvalue weighted by Gasteiger charge is 2.12. The summed E-state index contributed by atoms with van der Waals surface area (Å²) in [5.74, 6) is 0. The van der Waals surface area contributed by atoms with E-state index >= 15 is 0 Å². The molecule has 90 valence electrons. The summed E-state index contributed by atoms with van der Waals surface area (Å²) in [6.45, 7) is 3.88. The Hall–Kier alpha value is -0.660. The van der Waals surface area contributed by atoms with E-state index in [0.29, 0.717) is 0 Å². The molecule has 0 radical (unpaired) electrons. The minimum Gasteiger partial charge on any atom is -0.300 e. The van der Waals surface area contributed by atoms with E-state index in [2.05, 4.69) is 30.7 Å².